The molecule has 0 fully saturated rings. The number of methoxy groups -OCH3 is 1. The fraction of sp³-hybridized carbons (Fsp3) is 1.00. The highest BCUT2D eigenvalue weighted by molar-refractivity contribution is 4.63. The van der Waals surface area contributed by atoms with Gasteiger partial charge in [0.05, 0.1) is 0 Å². The molecule has 0 radical (unpaired) electrons. The van der Waals surface area contributed by atoms with Gasteiger partial charge in [0.15, 0.2) is 0 Å². The predicted molar refractivity (Wildman–Crippen MR) is 58.9 cm³/mol. The summed E-state index contributed by atoms with van der Waals surface area (Å²) < 4.78 is 5.22. The molecule has 0 aromatic carbocycles. The van der Waals surface area contributed by atoms with Crippen molar-refractivity contribution < 1.29 is 4.74 Å². The first kappa shape index (κ1) is 13.0. The van der Waals surface area contributed by atoms with Crippen molar-refractivity contribution in [1.29, 1.82) is 0 Å². The van der Waals surface area contributed by atoms with Crippen molar-refractivity contribution >= 4 is 0 Å². The molecule has 13 heavy (non-hydrogen) atoms. The Balaban J connectivity index is 3.57. The van der Waals surface area contributed by atoms with Gasteiger partial charge in [-0.05, 0) is 24.2 Å². The van der Waals surface area contributed by atoms with Crippen molar-refractivity contribution in [2.45, 2.75) is 47.0 Å². The lowest BCUT2D eigenvalue weighted by molar-refractivity contribution is 0.121. The minimum absolute atomic E-state index is 0.753. The van der Waals surface area contributed by atoms with E-state index in [1.165, 1.54) is 19.3 Å². The fourth-order valence-corrected chi connectivity index (χ4v) is 1.61. The lowest BCUT2D eigenvalue weighted by Crippen LogP contribution is -2.15. The van der Waals surface area contributed by atoms with E-state index in [-0.39, 0.29) is 0 Å². The largest absolute Gasteiger partial charge is 0.384 e. The van der Waals surface area contributed by atoms with Crippen LogP contribution in [0.25, 0.3) is 0 Å². The summed E-state index contributed by atoms with van der Waals surface area (Å²) in [6.07, 6.45) is 4.03. The molecule has 1 heteroatoms. The highest BCUT2D eigenvalue weighted by atomic mass is 16.5. The standard InChI is InChI=1S/C12H26O/c1-10(2)7-6-8-12(9-13-5)11(3)4/h10-12H,6-9H2,1-5H3/t12-/m0/s1. The van der Waals surface area contributed by atoms with Gasteiger partial charge in [0.25, 0.3) is 0 Å². The Morgan fingerprint density at radius 1 is 1.00 bits per heavy atom. The molecule has 0 unspecified atom stereocenters. The van der Waals surface area contributed by atoms with E-state index in [0.29, 0.717) is 0 Å². The van der Waals surface area contributed by atoms with Crippen LogP contribution in [0.2, 0.25) is 0 Å². The molecule has 80 valence electrons. The Bertz CT molecular complexity index is 108. The molecular weight excluding hydrogens is 160 g/mol. The van der Waals surface area contributed by atoms with E-state index in [1.54, 1.807) is 7.11 Å². The molecule has 0 aromatic rings. The fourth-order valence-electron chi connectivity index (χ4n) is 1.61. The van der Waals surface area contributed by atoms with Gasteiger partial charge in [-0.1, -0.05) is 40.5 Å². The summed E-state index contributed by atoms with van der Waals surface area (Å²) in [5.74, 6) is 2.35. The first-order valence-electron chi connectivity index (χ1n) is 5.56. The Hall–Kier alpha value is -0.0400. The van der Waals surface area contributed by atoms with E-state index in [4.69, 9.17) is 4.74 Å². The summed E-state index contributed by atoms with van der Waals surface area (Å²) in [6, 6.07) is 0. The SMILES string of the molecule is COC[C@H](CCCC(C)C)C(C)C. The Kier molecular flexibility index (Phi) is 7.35. The zero-order valence-corrected chi connectivity index (χ0v) is 9.97. The van der Waals surface area contributed by atoms with Gasteiger partial charge in [0, 0.05) is 13.7 Å². The highest BCUT2D eigenvalue weighted by Crippen LogP contribution is 2.19. The van der Waals surface area contributed by atoms with Crippen molar-refractivity contribution in [3.05, 3.63) is 0 Å². The van der Waals surface area contributed by atoms with Crippen LogP contribution in [0.15, 0.2) is 0 Å². The second-order valence-corrected chi connectivity index (χ2v) is 4.78. The van der Waals surface area contributed by atoms with Gasteiger partial charge in [-0.3, -0.25) is 0 Å². The maximum absolute atomic E-state index is 5.22. The number of hydrogen-bond donors (Lipinski definition) is 0. The normalized spacial score (nSPS) is 14.1. The number of ether oxygens (including phenoxy) is 1. The van der Waals surface area contributed by atoms with Crippen LogP contribution < -0.4 is 0 Å². The zero-order chi connectivity index (χ0) is 10.3. The minimum atomic E-state index is 0.753. The molecule has 0 bridgehead atoms. The van der Waals surface area contributed by atoms with Gasteiger partial charge < -0.3 is 4.74 Å². The van der Waals surface area contributed by atoms with Crippen LogP contribution in [0.5, 0.6) is 0 Å². The molecule has 0 spiro atoms. The van der Waals surface area contributed by atoms with Crippen LogP contribution in [0.4, 0.5) is 0 Å². The second kappa shape index (κ2) is 7.37. The number of hydrogen-bond acceptors (Lipinski definition) is 1. The molecule has 1 atom stereocenters. The van der Waals surface area contributed by atoms with Crippen LogP contribution in [0.1, 0.15) is 47.0 Å². The van der Waals surface area contributed by atoms with Crippen molar-refractivity contribution in [3.8, 4) is 0 Å². The average Bonchev–Trinajstić information content (AvgIpc) is 2.02. The lowest BCUT2D eigenvalue weighted by Gasteiger charge is -2.20. The minimum Gasteiger partial charge on any atom is -0.384 e. The molecule has 1 nitrogen and oxygen atoms in total. The lowest BCUT2D eigenvalue weighted by atomic mass is 9.90. The second-order valence-electron chi connectivity index (χ2n) is 4.78. The topological polar surface area (TPSA) is 9.23 Å². The Morgan fingerprint density at radius 2 is 1.62 bits per heavy atom. The summed E-state index contributed by atoms with van der Waals surface area (Å²) >= 11 is 0. The van der Waals surface area contributed by atoms with Crippen LogP contribution >= 0.6 is 0 Å². The molecule has 0 saturated heterocycles. The maximum atomic E-state index is 5.22. The molecule has 0 aliphatic carbocycles. The van der Waals surface area contributed by atoms with Crippen LogP contribution in [0, 0.1) is 17.8 Å². The van der Waals surface area contributed by atoms with Crippen molar-refractivity contribution in [1.82, 2.24) is 0 Å². The summed E-state index contributed by atoms with van der Waals surface area (Å²) in [5.41, 5.74) is 0. The van der Waals surface area contributed by atoms with E-state index in [0.717, 1.165) is 24.4 Å². The van der Waals surface area contributed by atoms with Gasteiger partial charge >= 0.3 is 0 Å². The van der Waals surface area contributed by atoms with Crippen molar-refractivity contribution in [2.75, 3.05) is 13.7 Å². The summed E-state index contributed by atoms with van der Waals surface area (Å²) in [5, 5.41) is 0. The average molecular weight is 186 g/mol. The van der Waals surface area contributed by atoms with Gasteiger partial charge in [-0.15, -0.1) is 0 Å². The Labute approximate surface area is 83.9 Å². The van der Waals surface area contributed by atoms with Crippen LogP contribution in [-0.4, -0.2) is 13.7 Å². The molecule has 0 heterocycles. The maximum Gasteiger partial charge on any atom is 0.0492 e. The highest BCUT2D eigenvalue weighted by Gasteiger charge is 2.12. The summed E-state index contributed by atoms with van der Waals surface area (Å²) in [4.78, 5) is 0. The summed E-state index contributed by atoms with van der Waals surface area (Å²) in [7, 11) is 1.80. The molecule has 0 amide bonds. The van der Waals surface area contributed by atoms with Crippen LogP contribution in [0.3, 0.4) is 0 Å². The zero-order valence-electron chi connectivity index (χ0n) is 9.97. The van der Waals surface area contributed by atoms with Gasteiger partial charge in [-0.25, -0.2) is 0 Å². The van der Waals surface area contributed by atoms with Crippen LogP contribution in [-0.2, 0) is 4.74 Å². The van der Waals surface area contributed by atoms with E-state index in [2.05, 4.69) is 27.7 Å². The van der Waals surface area contributed by atoms with E-state index >= 15 is 0 Å². The van der Waals surface area contributed by atoms with Crippen molar-refractivity contribution in [3.63, 3.8) is 0 Å². The van der Waals surface area contributed by atoms with Gasteiger partial charge in [0.2, 0.25) is 0 Å². The quantitative estimate of drug-likeness (QED) is 0.588. The number of rotatable bonds is 7. The molecule has 0 rings (SSSR count). The summed E-state index contributed by atoms with van der Waals surface area (Å²) in [6.45, 7) is 10.1. The van der Waals surface area contributed by atoms with E-state index in [1.807, 2.05) is 0 Å². The van der Waals surface area contributed by atoms with Crippen molar-refractivity contribution in [2.24, 2.45) is 17.8 Å². The Morgan fingerprint density at radius 3 is 2.00 bits per heavy atom. The molecule has 0 saturated carbocycles. The third-order valence-corrected chi connectivity index (χ3v) is 2.68. The molecule has 0 aromatic heterocycles. The monoisotopic (exact) mass is 186 g/mol. The van der Waals surface area contributed by atoms with Gasteiger partial charge in [-0.2, -0.15) is 0 Å². The predicted octanol–water partition coefficient (Wildman–Crippen LogP) is 3.73. The third-order valence-electron chi connectivity index (χ3n) is 2.68. The molecule has 0 aliphatic rings. The molecule has 0 N–H and O–H groups in total. The molecule has 0 aliphatic heterocycles. The third kappa shape index (κ3) is 7.06. The first-order valence-corrected chi connectivity index (χ1v) is 5.56. The molecular formula is C12H26O. The smallest absolute Gasteiger partial charge is 0.0492 e. The first-order chi connectivity index (χ1) is 6.07. The van der Waals surface area contributed by atoms with Gasteiger partial charge in [0.1, 0.15) is 0 Å². The van der Waals surface area contributed by atoms with E-state index < -0.39 is 0 Å². The van der Waals surface area contributed by atoms with E-state index in [9.17, 15) is 0 Å².